The molecule has 0 spiro atoms. The lowest BCUT2D eigenvalue weighted by molar-refractivity contribution is 0.0144. The van der Waals surface area contributed by atoms with Crippen LogP contribution in [0.1, 0.15) is 16.8 Å². The van der Waals surface area contributed by atoms with Gasteiger partial charge in [-0.2, -0.15) is 0 Å². The molecule has 6 heteroatoms. The van der Waals surface area contributed by atoms with Gasteiger partial charge in [0, 0.05) is 12.5 Å². The highest BCUT2D eigenvalue weighted by Crippen LogP contribution is 2.33. The monoisotopic (exact) mass is 347 g/mol. The summed E-state index contributed by atoms with van der Waals surface area (Å²) < 4.78 is 5.25. The summed E-state index contributed by atoms with van der Waals surface area (Å²) in [5.41, 5.74) is 4.08. The normalized spacial score (nSPS) is 17.0. The number of phenolic OH excluding ortho intramolecular Hbond substituents is 1. The Morgan fingerprint density at radius 2 is 2.08 bits per heavy atom. The molecule has 0 saturated carbocycles. The lowest BCUT2D eigenvalue weighted by Gasteiger charge is -2.12. The first-order chi connectivity index (χ1) is 11.6. The van der Waals surface area contributed by atoms with Crippen LogP contribution in [0.4, 0.5) is 0 Å². The maximum Gasteiger partial charge on any atom is 0.278 e. The summed E-state index contributed by atoms with van der Waals surface area (Å²) in [5, 5.41) is 10.2. The Morgan fingerprint density at radius 1 is 1.29 bits per heavy atom. The summed E-state index contributed by atoms with van der Waals surface area (Å²) in [6.07, 6.45) is 0.913. The number of carbonyl (C=O) groups is 1. The summed E-state index contributed by atoms with van der Waals surface area (Å²) in [6, 6.07) is 12.7. The molecule has 1 aliphatic heterocycles. The van der Waals surface area contributed by atoms with E-state index in [9.17, 15) is 9.90 Å². The lowest BCUT2D eigenvalue weighted by Crippen LogP contribution is -2.27. The average molecular weight is 348 g/mol. The molecule has 0 aromatic heterocycles. The Labute approximate surface area is 145 Å². The Bertz CT molecular complexity index is 714. The number of rotatable bonds is 5. The first-order valence-corrected chi connectivity index (χ1v) is 8.10. The smallest absolute Gasteiger partial charge is 0.278 e. The maximum absolute atomic E-state index is 12.3. The van der Waals surface area contributed by atoms with Crippen LogP contribution in [-0.4, -0.2) is 30.8 Å². The highest BCUT2D eigenvalue weighted by molar-refractivity contribution is 6.33. The number of ether oxygens (including phenoxy) is 1. The molecule has 2 N–H and O–H groups in total. The fourth-order valence-electron chi connectivity index (χ4n) is 2.56. The van der Waals surface area contributed by atoms with Crippen LogP contribution in [0, 0.1) is 5.92 Å². The van der Waals surface area contributed by atoms with Crippen LogP contribution in [0.5, 0.6) is 5.75 Å². The van der Waals surface area contributed by atoms with Crippen molar-refractivity contribution in [2.24, 2.45) is 5.92 Å². The van der Waals surface area contributed by atoms with Gasteiger partial charge >= 0.3 is 0 Å². The number of aromatic hydroxyl groups is 1. The van der Waals surface area contributed by atoms with Crippen LogP contribution in [0.2, 0.25) is 5.02 Å². The van der Waals surface area contributed by atoms with Crippen molar-refractivity contribution < 1.29 is 19.5 Å². The summed E-state index contributed by atoms with van der Waals surface area (Å²) >= 11 is 6.06. The maximum atomic E-state index is 12.3. The van der Waals surface area contributed by atoms with Gasteiger partial charge in [-0.1, -0.05) is 41.9 Å². The Morgan fingerprint density at radius 3 is 2.79 bits per heavy atom. The molecule has 1 amide bonds. The van der Waals surface area contributed by atoms with Crippen molar-refractivity contribution in [2.45, 2.75) is 6.42 Å². The van der Waals surface area contributed by atoms with E-state index in [2.05, 4.69) is 5.48 Å². The molecule has 1 aliphatic rings. The van der Waals surface area contributed by atoms with Gasteiger partial charge in [0.25, 0.3) is 5.91 Å². The Hall–Kier alpha value is -2.08. The van der Waals surface area contributed by atoms with Crippen LogP contribution in [0.25, 0.3) is 11.1 Å². The van der Waals surface area contributed by atoms with Gasteiger partial charge in [0.2, 0.25) is 0 Å². The third-order valence-corrected chi connectivity index (χ3v) is 4.21. The quantitative estimate of drug-likeness (QED) is 0.813. The van der Waals surface area contributed by atoms with Crippen molar-refractivity contribution in [1.82, 2.24) is 5.48 Å². The number of hydroxylamine groups is 1. The van der Waals surface area contributed by atoms with Crippen LogP contribution >= 0.6 is 11.6 Å². The molecule has 1 atom stereocenters. The zero-order chi connectivity index (χ0) is 16.9. The first-order valence-electron chi connectivity index (χ1n) is 7.73. The molecule has 0 bridgehead atoms. The minimum Gasteiger partial charge on any atom is -0.506 e. The van der Waals surface area contributed by atoms with E-state index in [0.29, 0.717) is 13.2 Å². The predicted molar refractivity (Wildman–Crippen MR) is 90.9 cm³/mol. The summed E-state index contributed by atoms with van der Waals surface area (Å²) in [5.74, 6) is -0.522. The van der Waals surface area contributed by atoms with Crippen LogP contribution in [0.3, 0.4) is 0 Å². The Kier molecular flexibility index (Phi) is 5.35. The van der Waals surface area contributed by atoms with Crippen molar-refractivity contribution in [3.05, 3.63) is 53.1 Å². The van der Waals surface area contributed by atoms with E-state index in [4.69, 9.17) is 21.2 Å². The molecule has 2 aromatic rings. The molecule has 126 valence electrons. The van der Waals surface area contributed by atoms with Crippen LogP contribution < -0.4 is 5.48 Å². The van der Waals surface area contributed by atoms with Crippen molar-refractivity contribution in [3.8, 4) is 16.9 Å². The zero-order valence-corrected chi connectivity index (χ0v) is 13.8. The molecule has 0 aliphatic carbocycles. The molecule has 5 nitrogen and oxygen atoms in total. The van der Waals surface area contributed by atoms with E-state index in [1.54, 1.807) is 12.1 Å². The molecule has 24 heavy (non-hydrogen) atoms. The average Bonchev–Trinajstić information content (AvgIpc) is 3.11. The van der Waals surface area contributed by atoms with E-state index in [1.807, 2.05) is 30.3 Å². The van der Waals surface area contributed by atoms with E-state index in [1.165, 1.54) is 0 Å². The van der Waals surface area contributed by atoms with Crippen LogP contribution in [-0.2, 0) is 9.57 Å². The number of carbonyl (C=O) groups excluding carboxylic acids is 1. The van der Waals surface area contributed by atoms with Gasteiger partial charge in [0.1, 0.15) is 5.75 Å². The van der Waals surface area contributed by atoms with Gasteiger partial charge < -0.3 is 9.84 Å². The molecule has 2 aromatic carbocycles. The molecule has 3 rings (SSSR count). The van der Waals surface area contributed by atoms with Crippen LogP contribution in [0.15, 0.2) is 42.5 Å². The predicted octanol–water partition coefficient (Wildman–Crippen LogP) is 3.41. The third-order valence-electron chi connectivity index (χ3n) is 3.92. The Balaban J connectivity index is 1.73. The van der Waals surface area contributed by atoms with Crippen molar-refractivity contribution >= 4 is 17.5 Å². The zero-order valence-electron chi connectivity index (χ0n) is 13.0. The minimum atomic E-state index is -0.536. The second kappa shape index (κ2) is 7.66. The molecule has 1 saturated heterocycles. The van der Waals surface area contributed by atoms with Crippen molar-refractivity contribution in [2.75, 3.05) is 19.8 Å². The van der Waals surface area contributed by atoms with Gasteiger partial charge in [-0.05, 0) is 29.7 Å². The second-order valence-corrected chi connectivity index (χ2v) is 6.10. The molecule has 1 unspecified atom stereocenters. The minimum absolute atomic E-state index is 0.0732. The van der Waals surface area contributed by atoms with Gasteiger partial charge in [0.15, 0.2) is 0 Å². The van der Waals surface area contributed by atoms with E-state index in [-0.39, 0.29) is 22.3 Å². The standard InChI is InChI=1S/C18H18ClNO4/c19-16-9-14(13-4-2-1-3-5-13)8-15(17(16)21)18(22)20-24-11-12-6-7-23-10-12/h1-5,8-9,12,21H,6-7,10-11H2,(H,20,22). The SMILES string of the molecule is O=C(NOCC1CCOC1)c1cc(-c2ccccc2)cc(Cl)c1O. The van der Waals surface area contributed by atoms with Gasteiger partial charge in [-0.25, -0.2) is 5.48 Å². The lowest BCUT2D eigenvalue weighted by atomic mass is 10.0. The fourth-order valence-corrected chi connectivity index (χ4v) is 2.78. The number of hydrogen-bond donors (Lipinski definition) is 2. The highest BCUT2D eigenvalue weighted by Gasteiger charge is 2.19. The number of phenols is 1. The van der Waals surface area contributed by atoms with Gasteiger partial charge in [-0.3, -0.25) is 9.63 Å². The molecular formula is C18H18ClNO4. The molecular weight excluding hydrogens is 330 g/mol. The summed E-state index contributed by atoms with van der Waals surface area (Å²) in [6.45, 7) is 1.73. The number of hydrogen-bond acceptors (Lipinski definition) is 4. The summed E-state index contributed by atoms with van der Waals surface area (Å²) in [7, 11) is 0. The number of nitrogens with one attached hydrogen (secondary N) is 1. The van der Waals surface area contributed by atoms with Crippen molar-refractivity contribution in [3.63, 3.8) is 0 Å². The molecule has 1 heterocycles. The first kappa shape index (κ1) is 16.8. The van der Waals surface area contributed by atoms with Gasteiger partial charge in [0.05, 0.1) is 23.8 Å². The molecule has 0 radical (unpaired) electrons. The molecule has 1 fully saturated rings. The summed E-state index contributed by atoms with van der Waals surface area (Å²) in [4.78, 5) is 17.5. The number of benzene rings is 2. The van der Waals surface area contributed by atoms with E-state index < -0.39 is 5.91 Å². The van der Waals surface area contributed by atoms with E-state index >= 15 is 0 Å². The highest BCUT2D eigenvalue weighted by atomic mass is 35.5. The topological polar surface area (TPSA) is 67.8 Å². The second-order valence-electron chi connectivity index (χ2n) is 5.69. The van der Waals surface area contributed by atoms with Gasteiger partial charge in [-0.15, -0.1) is 0 Å². The van der Waals surface area contributed by atoms with E-state index in [0.717, 1.165) is 24.2 Å². The number of amides is 1. The number of halogens is 1. The largest absolute Gasteiger partial charge is 0.506 e. The third kappa shape index (κ3) is 3.87. The van der Waals surface area contributed by atoms with Crippen molar-refractivity contribution in [1.29, 1.82) is 0 Å². The fraction of sp³-hybridized carbons (Fsp3) is 0.278.